The molecule has 0 saturated carbocycles. The van der Waals surface area contributed by atoms with Gasteiger partial charge in [0.15, 0.2) is 11.5 Å². The third kappa shape index (κ3) is 1.65. The molecule has 0 bridgehead atoms. The molecule has 1 heterocycles. The van der Waals surface area contributed by atoms with E-state index in [1.165, 1.54) is 0 Å². The second-order valence-corrected chi connectivity index (χ2v) is 5.00. The van der Waals surface area contributed by atoms with Gasteiger partial charge >= 0.3 is 5.97 Å². The van der Waals surface area contributed by atoms with Crippen LogP contribution in [0, 0.1) is 0 Å². The van der Waals surface area contributed by atoms with Crippen LogP contribution >= 0.6 is 0 Å². The molecular weight excluding hydrogens is 284 g/mol. The van der Waals surface area contributed by atoms with Crippen molar-refractivity contribution >= 4 is 17.3 Å². The highest BCUT2D eigenvalue weighted by Gasteiger charge is 2.34. The minimum absolute atomic E-state index is 0.138. The summed E-state index contributed by atoms with van der Waals surface area (Å²) in [7, 11) is 0. The van der Waals surface area contributed by atoms with Crippen molar-refractivity contribution in [3.05, 3.63) is 64.7 Å². The SMILES string of the molecule is O=C(O)C1=C(c2ccc3c(c2)OCO3)c2ccccc2C1=O. The van der Waals surface area contributed by atoms with Crippen LogP contribution in [0.4, 0.5) is 0 Å². The Bertz CT molecular complexity index is 863. The summed E-state index contributed by atoms with van der Waals surface area (Å²) < 4.78 is 10.6. The summed E-state index contributed by atoms with van der Waals surface area (Å²) in [5.41, 5.74) is 1.88. The highest BCUT2D eigenvalue weighted by Crippen LogP contribution is 2.41. The van der Waals surface area contributed by atoms with Crippen molar-refractivity contribution in [1.82, 2.24) is 0 Å². The van der Waals surface area contributed by atoms with Crippen molar-refractivity contribution in [2.24, 2.45) is 0 Å². The molecular formula is C17H10O5. The Morgan fingerprint density at radius 3 is 2.50 bits per heavy atom. The maximum atomic E-state index is 12.4. The quantitative estimate of drug-likeness (QED) is 0.861. The summed E-state index contributed by atoms with van der Waals surface area (Å²) in [6.45, 7) is 0.138. The molecule has 4 rings (SSSR count). The van der Waals surface area contributed by atoms with E-state index in [0.29, 0.717) is 33.8 Å². The molecule has 1 aliphatic carbocycles. The molecule has 2 aliphatic rings. The van der Waals surface area contributed by atoms with Gasteiger partial charge in [-0.2, -0.15) is 0 Å². The Morgan fingerprint density at radius 1 is 1.00 bits per heavy atom. The van der Waals surface area contributed by atoms with Crippen LogP contribution in [0.3, 0.4) is 0 Å². The van der Waals surface area contributed by atoms with Gasteiger partial charge in [-0.15, -0.1) is 0 Å². The van der Waals surface area contributed by atoms with Crippen LogP contribution in [0.2, 0.25) is 0 Å². The molecule has 108 valence electrons. The first kappa shape index (κ1) is 12.6. The van der Waals surface area contributed by atoms with E-state index in [1.54, 1.807) is 42.5 Å². The number of carboxylic acid groups (broad SMARTS) is 1. The van der Waals surface area contributed by atoms with Crippen LogP contribution in [0.1, 0.15) is 21.5 Å². The molecule has 0 spiro atoms. The van der Waals surface area contributed by atoms with Crippen molar-refractivity contribution in [2.75, 3.05) is 6.79 Å². The van der Waals surface area contributed by atoms with Gasteiger partial charge in [0.25, 0.3) is 0 Å². The lowest BCUT2D eigenvalue weighted by Crippen LogP contribution is -2.09. The van der Waals surface area contributed by atoms with E-state index in [0.717, 1.165) is 0 Å². The number of rotatable bonds is 2. The number of Topliss-reactive ketones (excluding diaryl/α,β-unsaturated/α-hetero) is 1. The fraction of sp³-hybridized carbons (Fsp3) is 0.0588. The average Bonchev–Trinajstić information content (AvgIpc) is 3.09. The lowest BCUT2D eigenvalue weighted by molar-refractivity contribution is -0.132. The summed E-state index contributed by atoms with van der Waals surface area (Å²) in [4.78, 5) is 23.9. The van der Waals surface area contributed by atoms with Crippen LogP contribution in [-0.2, 0) is 4.79 Å². The zero-order valence-electron chi connectivity index (χ0n) is 11.3. The Morgan fingerprint density at radius 2 is 1.73 bits per heavy atom. The van der Waals surface area contributed by atoms with E-state index in [1.807, 2.05) is 0 Å². The summed E-state index contributed by atoms with van der Waals surface area (Å²) in [6, 6.07) is 12.1. The molecule has 5 nitrogen and oxygen atoms in total. The number of ketones is 1. The molecule has 2 aromatic carbocycles. The van der Waals surface area contributed by atoms with Crippen LogP contribution < -0.4 is 9.47 Å². The predicted molar refractivity (Wildman–Crippen MR) is 77.0 cm³/mol. The maximum absolute atomic E-state index is 12.4. The van der Waals surface area contributed by atoms with Crippen LogP contribution in [0.25, 0.3) is 5.57 Å². The highest BCUT2D eigenvalue weighted by molar-refractivity contribution is 6.34. The average molecular weight is 294 g/mol. The molecule has 5 heteroatoms. The molecule has 0 atom stereocenters. The summed E-state index contributed by atoms with van der Waals surface area (Å²) in [5, 5.41) is 9.45. The normalized spacial score (nSPS) is 15.2. The fourth-order valence-corrected chi connectivity index (χ4v) is 2.84. The smallest absolute Gasteiger partial charge is 0.340 e. The van der Waals surface area contributed by atoms with Gasteiger partial charge in [-0.1, -0.05) is 30.3 Å². The second kappa shape index (κ2) is 4.46. The standard InChI is InChI=1S/C17H10O5/c18-16-11-4-2-1-3-10(11)14(15(16)17(19)20)9-5-6-12-13(7-9)22-8-21-12/h1-7H,8H2,(H,19,20). The summed E-state index contributed by atoms with van der Waals surface area (Å²) in [5.74, 6) is -0.532. The zero-order valence-corrected chi connectivity index (χ0v) is 11.3. The van der Waals surface area contributed by atoms with E-state index < -0.39 is 11.8 Å². The Balaban J connectivity index is 1.98. The minimum Gasteiger partial charge on any atom is -0.478 e. The van der Waals surface area contributed by atoms with Gasteiger partial charge in [-0.05, 0) is 23.3 Å². The molecule has 22 heavy (non-hydrogen) atoms. The lowest BCUT2D eigenvalue weighted by Gasteiger charge is -2.07. The van der Waals surface area contributed by atoms with Crippen LogP contribution in [0.5, 0.6) is 11.5 Å². The van der Waals surface area contributed by atoms with Gasteiger partial charge in [0.05, 0.1) is 0 Å². The first-order chi connectivity index (χ1) is 10.7. The maximum Gasteiger partial charge on any atom is 0.340 e. The van der Waals surface area contributed by atoms with Gasteiger partial charge < -0.3 is 14.6 Å². The van der Waals surface area contributed by atoms with Gasteiger partial charge in [-0.25, -0.2) is 4.79 Å². The number of benzene rings is 2. The van der Waals surface area contributed by atoms with Crippen molar-refractivity contribution in [2.45, 2.75) is 0 Å². The van der Waals surface area contributed by atoms with Crippen molar-refractivity contribution in [3.8, 4) is 11.5 Å². The lowest BCUT2D eigenvalue weighted by atomic mass is 9.97. The third-order valence-electron chi connectivity index (χ3n) is 3.79. The van der Waals surface area contributed by atoms with E-state index in [9.17, 15) is 14.7 Å². The molecule has 0 unspecified atom stereocenters. The van der Waals surface area contributed by atoms with Gasteiger partial charge in [-0.3, -0.25) is 4.79 Å². The molecule has 1 aliphatic heterocycles. The monoisotopic (exact) mass is 294 g/mol. The van der Waals surface area contributed by atoms with E-state index in [4.69, 9.17) is 9.47 Å². The number of aliphatic carboxylic acids is 1. The number of ether oxygens (including phenoxy) is 2. The van der Waals surface area contributed by atoms with E-state index >= 15 is 0 Å². The topological polar surface area (TPSA) is 72.8 Å². The number of carbonyl (C=O) groups excluding carboxylic acids is 1. The van der Waals surface area contributed by atoms with Gasteiger partial charge in [0, 0.05) is 11.1 Å². The predicted octanol–water partition coefficient (Wildman–Crippen LogP) is 2.50. The van der Waals surface area contributed by atoms with E-state index in [-0.39, 0.29) is 12.4 Å². The molecule has 0 amide bonds. The highest BCUT2D eigenvalue weighted by atomic mass is 16.7. The summed E-state index contributed by atoms with van der Waals surface area (Å²) in [6.07, 6.45) is 0. The Kier molecular flexibility index (Phi) is 2.56. The first-order valence-corrected chi connectivity index (χ1v) is 6.68. The Hall–Kier alpha value is -3.08. The Labute approximate surface area is 125 Å². The van der Waals surface area contributed by atoms with Gasteiger partial charge in [0.1, 0.15) is 5.57 Å². The molecule has 0 aromatic heterocycles. The second-order valence-electron chi connectivity index (χ2n) is 5.00. The number of fused-ring (bicyclic) bond motifs is 2. The largest absolute Gasteiger partial charge is 0.478 e. The van der Waals surface area contributed by atoms with Crippen molar-refractivity contribution < 1.29 is 24.2 Å². The number of hydrogen-bond acceptors (Lipinski definition) is 4. The number of hydrogen-bond donors (Lipinski definition) is 1. The molecule has 2 aromatic rings. The fourth-order valence-electron chi connectivity index (χ4n) is 2.84. The van der Waals surface area contributed by atoms with Crippen molar-refractivity contribution in [1.29, 1.82) is 0 Å². The number of carboxylic acids is 1. The third-order valence-corrected chi connectivity index (χ3v) is 3.79. The molecule has 0 saturated heterocycles. The van der Waals surface area contributed by atoms with Crippen LogP contribution in [-0.4, -0.2) is 23.7 Å². The molecule has 0 fully saturated rings. The van der Waals surface area contributed by atoms with E-state index in [2.05, 4.69) is 0 Å². The molecule has 0 radical (unpaired) electrons. The van der Waals surface area contributed by atoms with Crippen molar-refractivity contribution in [3.63, 3.8) is 0 Å². The molecule has 1 N–H and O–H groups in total. The zero-order chi connectivity index (χ0) is 15.3. The number of carbonyl (C=O) groups is 2. The summed E-state index contributed by atoms with van der Waals surface area (Å²) >= 11 is 0. The van der Waals surface area contributed by atoms with Gasteiger partial charge in [0.2, 0.25) is 12.6 Å². The first-order valence-electron chi connectivity index (χ1n) is 6.68. The van der Waals surface area contributed by atoms with Crippen LogP contribution in [0.15, 0.2) is 48.0 Å². The minimum atomic E-state index is -1.23.